The SMILES string of the molecule is CCOC(=O)N(c1ccc(Cl)cc1C(C)=NOc1ccc(F)cc1)S(=O)(=O)C(F)(F)F. The number of ether oxygens (including phenoxy) is 1. The third kappa shape index (κ3) is 5.64. The van der Waals surface area contributed by atoms with Crippen LogP contribution in [0, 0.1) is 5.82 Å². The molecule has 0 aliphatic heterocycles. The van der Waals surface area contributed by atoms with Gasteiger partial charge in [0.05, 0.1) is 18.0 Å². The summed E-state index contributed by atoms with van der Waals surface area (Å²) in [6.45, 7) is 2.19. The van der Waals surface area contributed by atoms with Gasteiger partial charge in [0.15, 0.2) is 5.75 Å². The first-order chi connectivity index (χ1) is 14.4. The highest BCUT2D eigenvalue weighted by Gasteiger charge is 2.53. The molecule has 0 fully saturated rings. The summed E-state index contributed by atoms with van der Waals surface area (Å²) in [7, 11) is -6.18. The van der Waals surface area contributed by atoms with Crippen LogP contribution in [0.15, 0.2) is 47.6 Å². The maximum Gasteiger partial charge on any atom is 0.517 e. The molecule has 0 atom stereocenters. The molecule has 0 aliphatic rings. The van der Waals surface area contributed by atoms with E-state index in [0.29, 0.717) is 0 Å². The highest BCUT2D eigenvalue weighted by atomic mass is 35.5. The number of halogens is 5. The summed E-state index contributed by atoms with van der Waals surface area (Å²) in [4.78, 5) is 17.3. The van der Waals surface area contributed by atoms with Crippen molar-refractivity contribution in [2.45, 2.75) is 19.4 Å². The fourth-order valence-electron chi connectivity index (χ4n) is 2.25. The summed E-state index contributed by atoms with van der Waals surface area (Å²) >= 11 is 5.90. The number of nitrogens with zero attached hydrogens (tertiary/aromatic N) is 2. The second-order valence-corrected chi connectivity index (χ2v) is 8.01. The Balaban J connectivity index is 2.59. The molecule has 2 rings (SSSR count). The Kier molecular flexibility index (Phi) is 7.49. The van der Waals surface area contributed by atoms with Gasteiger partial charge in [0.25, 0.3) is 0 Å². The van der Waals surface area contributed by atoms with E-state index in [1.807, 2.05) is 0 Å². The molecule has 0 aliphatic carbocycles. The molecule has 168 valence electrons. The smallest absolute Gasteiger partial charge is 0.449 e. The number of carbonyl (C=O) groups is 1. The average molecular weight is 483 g/mol. The van der Waals surface area contributed by atoms with Crippen LogP contribution in [0.1, 0.15) is 19.4 Å². The zero-order chi connectivity index (χ0) is 23.4. The maximum absolute atomic E-state index is 13.2. The van der Waals surface area contributed by atoms with Crippen molar-refractivity contribution < 1.29 is 40.3 Å². The number of hydrogen-bond donors (Lipinski definition) is 0. The van der Waals surface area contributed by atoms with Gasteiger partial charge in [-0.2, -0.15) is 25.9 Å². The van der Waals surface area contributed by atoms with Gasteiger partial charge in [-0.15, -0.1) is 0 Å². The van der Waals surface area contributed by atoms with Gasteiger partial charge in [0.2, 0.25) is 0 Å². The Hall–Kier alpha value is -2.86. The molecule has 0 aromatic heterocycles. The van der Waals surface area contributed by atoms with Crippen LogP contribution < -0.4 is 9.14 Å². The minimum atomic E-state index is -6.18. The summed E-state index contributed by atoms with van der Waals surface area (Å²) in [5.74, 6) is -0.442. The number of rotatable bonds is 6. The third-order valence-corrected chi connectivity index (χ3v) is 5.28. The van der Waals surface area contributed by atoms with Gasteiger partial charge in [-0.3, -0.25) is 0 Å². The molecule has 0 bridgehead atoms. The molecular formula is C18H15ClF4N2O5S. The van der Waals surface area contributed by atoms with Crippen LogP contribution in [0.4, 0.5) is 28.0 Å². The molecule has 2 aromatic rings. The van der Waals surface area contributed by atoms with Crippen molar-refractivity contribution in [3.63, 3.8) is 0 Å². The molecule has 7 nitrogen and oxygen atoms in total. The first kappa shape index (κ1) is 24.4. The van der Waals surface area contributed by atoms with Gasteiger partial charge in [-0.25, -0.2) is 9.18 Å². The normalized spacial score (nSPS) is 12.4. The number of amides is 1. The molecule has 2 aromatic carbocycles. The van der Waals surface area contributed by atoms with Crippen molar-refractivity contribution in [2.75, 3.05) is 10.9 Å². The molecule has 0 saturated carbocycles. The second kappa shape index (κ2) is 9.52. The van der Waals surface area contributed by atoms with Crippen LogP contribution in [0.5, 0.6) is 5.75 Å². The molecule has 0 heterocycles. The molecule has 0 spiro atoms. The maximum atomic E-state index is 13.2. The number of benzene rings is 2. The summed E-state index contributed by atoms with van der Waals surface area (Å²) in [6.07, 6.45) is -1.77. The van der Waals surface area contributed by atoms with Crippen LogP contribution in [0.3, 0.4) is 0 Å². The van der Waals surface area contributed by atoms with E-state index in [1.54, 1.807) is 0 Å². The van der Waals surface area contributed by atoms with Crippen molar-refractivity contribution in [2.24, 2.45) is 5.16 Å². The first-order valence-electron chi connectivity index (χ1n) is 8.44. The molecule has 0 N–H and O–H groups in total. The first-order valence-corrected chi connectivity index (χ1v) is 10.3. The van der Waals surface area contributed by atoms with Gasteiger partial charge < -0.3 is 9.57 Å². The van der Waals surface area contributed by atoms with Crippen LogP contribution >= 0.6 is 11.6 Å². The lowest BCUT2D eigenvalue weighted by molar-refractivity contribution is -0.0438. The van der Waals surface area contributed by atoms with Crippen molar-refractivity contribution in [1.82, 2.24) is 0 Å². The van der Waals surface area contributed by atoms with E-state index in [9.17, 15) is 30.8 Å². The molecule has 0 unspecified atom stereocenters. The van der Waals surface area contributed by atoms with E-state index in [1.165, 1.54) is 26.0 Å². The Bertz CT molecular complexity index is 1090. The van der Waals surface area contributed by atoms with Crippen molar-refractivity contribution in [3.8, 4) is 5.75 Å². The average Bonchev–Trinajstić information content (AvgIpc) is 2.67. The monoisotopic (exact) mass is 482 g/mol. The lowest BCUT2D eigenvalue weighted by Crippen LogP contribution is -2.45. The number of sulfonamides is 1. The molecule has 1 amide bonds. The van der Waals surface area contributed by atoms with Crippen molar-refractivity contribution in [3.05, 3.63) is 58.9 Å². The quantitative estimate of drug-likeness (QED) is 0.325. The summed E-state index contributed by atoms with van der Waals surface area (Å²) in [5.41, 5.74) is -6.89. The molecule has 0 radical (unpaired) electrons. The van der Waals surface area contributed by atoms with Crippen LogP contribution in [0.2, 0.25) is 5.02 Å². The molecule has 0 saturated heterocycles. The highest BCUT2D eigenvalue weighted by molar-refractivity contribution is 7.94. The zero-order valence-corrected chi connectivity index (χ0v) is 17.6. The van der Waals surface area contributed by atoms with Crippen LogP contribution in [0.25, 0.3) is 0 Å². The summed E-state index contributed by atoms with van der Waals surface area (Å²) in [6, 6.07) is 7.74. The van der Waals surface area contributed by atoms with Crippen LogP contribution in [-0.2, 0) is 14.8 Å². The Morgan fingerprint density at radius 1 is 1.16 bits per heavy atom. The molecule has 13 heteroatoms. The number of oxime groups is 1. The van der Waals surface area contributed by atoms with Crippen molar-refractivity contribution >= 4 is 39.1 Å². The Morgan fingerprint density at radius 3 is 2.32 bits per heavy atom. The predicted molar refractivity (Wildman–Crippen MR) is 105 cm³/mol. The highest BCUT2D eigenvalue weighted by Crippen LogP contribution is 2.35. The molecule has 31 heavy (non-hydrogen) atoms. The number of hydrogen-bond acceptors (Lipinski definition) is 6. The van der Waals surface area contributed by atoms with Gasteiger partial charge in [0, 0.05) is 10.6 Å². The van der Waals surface area contributed by atoms with Gasteiger partial charge in [-0.05, 0) is 56.3 Å². The van der Waals surface area contributed by atoms with E-state index in [2.05, 4.69) is 9.89 Å². The van der Waals surface area contributed by atoms with Gasteiger partial charge in [0.1, 0.15) is 5.82 Å². The largest absolute Gasteiger partial charge is 0.517 e. The molecular weight excluding hydrogens is 468 g/mol. The second-order valence-electron chi connectivity index (χ2n) is 5.80. The summed E-state index contributed by atoms with van der Waals surface area (Å²) < 4.78 is 80.9. The number of anilines is 1. The minimum Gasteiger partial charge on any atom is -0.449 e. The fourth-order valence-corrected chi connectivity index (χ4v) is 3.30. The third-order valence-electron chi connectivity index (χ3n) is 3.64. The lowest BCUT2D eigenvalue weighted by atomic mass is 10.1. The zero-order valence-electron chi connectivity index (χ0n) is 16.0. The van der Waals surface area contributed by atoms with E-state index >= 15 is 0 Å². The fraction of sp³-hybridized carbons (Fsp3) is 0.222. The predicted octanol–water partition coefficient (Wildman–Crippen LogP) is 5.09. The lowest BCUT2D eigenvalue weighted by Gasteiger charge is -2.24. The van der Waals surface area contributed by atoms with E-state index < -0.39 is 37.4 Å². The number of carbonyl (C=O) groups excluding carboxylic acids is 1. The Morgan fingerprint density at radius 2 is 1.77 bits per heavy atom. The van der Waals surface area contributed by atoms with E-state index in [-0.39, 0.29) is 28.7 Å². The standard InChI is InChI=1S/C18H15ClF4N2O5S/c1-3-29-17(26)25(31(27,28)18(21,22)23)16-9-4-12(19)10-15(16)11(2)24-30-14-7-5-13(20)6-8-14/h4-10H,3H2,1-2H3. The van der Waals surface area contributed by atoms with E-state index in [0.717, 1.165) is 30.3 Å². The van der Waals surface area contributed by atoms with Crippen LogP contribution in [-0.4, -0.2) is 32.3 Å². The summed E-state index contributed by atoms with van der Waals surface area (Å²) in [5, 5.41) is 3.73. The number of alkyl halides is 3. The van der Waals surface area contributed by atoms with Crippen molar-refractivity contribution in [1.29, 1.82) is 0 Å². The minimum absolute atomic E-state index is 0.0169. The van der Waals surface area contributed by atoms with E-state index in [4.69, 9.17) is 16.4 Å². The van der Waals surface area contributed by atoms with Gasteiger partial charge >= 0.3 is 21.6 Å². The topological polar surface area (TPSA) is 85.3 Å². The Labute approximate surface area is 179 Å². The van der Waals surface area contributed by atoms with Gasteiger partial charge in [-0.1, -0.05) is 16.8 Å².